The Morgan fingerprint density at radius 2 is 1.64 bits per heavy atom. The fourth-order valence-corrected chi connectivity index (χ4v) is 3.72. The van der Waals surface area contributed by atoms with E-state index in [1.54, 1.807) is 10.8 Å². The molecule has 0 amide bonds. The molecule has 1 aromatic heterocycles. The molecule has 0 aliphatic heterocycles. The standard InChI is InChI=1S/C25H27F3N2O3/c1-33-23(31)15-8-3-2-4-9-16-29-18-22(19-11-6-5-7-12-19)30(24(29)32)21-14-10-13-20(17-21)25(26,27)28/h5-7,10-14,17-18H,2-4,8-9,15-16H2,1H3. The van der Waals surface area contributed by atoms with E-state index in [4.69, 9.17) is 0 Å². The molecule has 0 aliphatic rings. The molecule has 0 atom stereocenters. The number of unbranched alkanes of at least 4 members (excludes halogenated alkanes) is 4. The summed E-state index contributed by atoms with van der Waals surface area (Å²) in [5.74, 6) is -0.217. The smallest absolute Gasteiger partial charge is 0.416 e. The van der Waals surface area contributed by atoms with Gasteiger partial charge >= 0.3 is 17.8 Å². The molecule has 1 heterocycles. The normalized spacial score (nSPS) is 11.5. The van der Waals surface area contributed by atoms with Crippen LogP contribution in [0.1, 0.15) is 44.1 Å². The largest absolute Gasteiger partial charge is 0.469 e. The summed E-state index contributed by atoms with van der Waals surface area (Å²) in [6, 6.07) is 13.9. The van der Waals surface area contributed by atoms with Gasteiger partial charge in [0.1, 0.15) is 0 Å². The Labute approximate surface area is 190 Å². The third kappa shape index (κ3) is 6.37. The Morgan fingerprint density at radius 3 is 2.33 bits per heavy atom. The van der Waals surface area contributed by atoms with Crippen LogP contribution in [0.5, 0.6) is 0 Å². The maximum Gasteiger partial charge on any atom is 0.416 e. The zero-order valence-corrected chi connectivity index (χ0v) is 18.5. The summed E-state index contributed by atoms with van der Waals surface area (Å²) < 4.78 is 47.3. The van der Waals surface area contributed by atoms with E-state index in [2.05, 4.69) is 4.74 Å². The first kappa shape index (κ1) is 24.4. The van der Waals surface area contributed by atoms with Gasteiger partial charge in [0.15, 0.2) is 0 Å². The Bertz CT molecular complexity index is 1120. The highest BCUT2D eigenvalue weighted by molar-refractivity contribution is 5.69. The lowest BCUT2D eigenvalue weighted by molar-refractivity contribution is -0.140. The number of hydrogen-bond acceptors (Lipinski definition) is 3. The summed E-state index contributed by atoms with van der Waals surface area (Å²) in [6.07, 6.45) is 1.81. The first-order valence-corrected chi connectivity index (χ1v) is 10.9. The highest BCUT2D eigenvalue weighted by atomic mass is 19.4. The van der Waals surface area contributed by atoms with Crippen molar-refractivity contribution < 1.29 is 22.7 Å². The van der Waals surface area contributed by atoms with Crippen LogP contribution in [0.2, 0.25) is 0 Å². The number of aryl methyl sites for hydroxylation is 1. The van der Waals surface area contributed by atoms with Crippen LogP contribution in [-0.2, 0) is 22.3 Å². The average molecular weight is 460 g/mol. The Hall–Kier alpha value is -3.29. The lowest BCUT2D eigenvalue weighted by Gasteiger charge is -2.11. The fraction of sp³-hybridized carbons (Fsp3) is 0.360. The second-order valence-electron chi connectivity index (χ2n) is 7.83. The minimum absolute atomic E-state index is 0.176. The van der Waals surface area contributed by atoms with Gasteiger partial charge in [-0.1, -0.05) is 55.7 Å². The molecule has 5 nitrogen and oxygen atoms in total. The average Bonchev–Trinajstić information content (AvgIpc) is 3.14. The molecule has 2 aromatic carbocycles. The number of rotatable bonds is 10. The van der Waals surface area contributed by atoms with Crippen molar-refractivity contribution in [3.63, 3.8) is 0 Å². The molecule has 0 bridgehead atoms. The SMILES string of the molecule is COC(=O)CCCCCCCn1cc(-c2ccccc2)n(-c2cccc(C(F)(F)F)c2)c1=O. The van der Waals surface area contributed by atoms with Crippen LogP contribution in [0.15, 0.2) is 65.6 Å². The molecule has 0 spiro atoms. The molecular formula is C25H27F3N2O3. The second kappa shape index (κ2) is 11.0. The number of methoxy groups -OCH3 is 1. The monoisotopic (exact) mass is 460 g/mol. The number of alkyl halides is 3. The quantitative estimate of drug-likeness (QED) is 0.282. The zero-order valence-electron chi connectivity index (χ0n) is 18.5. The molecule has 3 aromatic rings. The van der Waals surface area contributed by atoms with Gasteiger partial charge in [-0.3, -0.25) is 13.9 Å². The number of ether oxygens (including phenoxy) is 1. The minimum atomic E-state index is -4.50. The van der Waals surface area contributed by atoms with E-state index in [1.807, 2.05) is 30.3 Å². The zero-order chi connectivity index (χ0) is 23.8. The minimum Gasteiger partial charge on any atom is -0.469 e. The van der Waals surface area contributed by atoms with E-state index < -0.39 is 11.7 Å². The van der Waals surface area contributed by atoms with Gasteiger partial charge in [0.2, 0.25) is 0 Å². The van der Waals surface area contributed by atoms with Crippen LogP contribution >= 0.6 is 0 Å². The van der Waals surface area contributed by atoms with Gasteiger partial charge in [0, 0.05) is 24.7 Å². The van der Waals surface area contributed by atoms with Gasteiger partial charge in [-0.15, -0.1) is 0 Å². The Morgan fingerprint density at radius 1 is 0.939 bits per heavy atom. The molecule has 33 heavy (non-hydrogen) atoms. The topological polar surface area (TPSA) is 53.2 Å². The van der Waals surface area contributed by atoms with Crippen molar-refractivity contribution in [3.8, 4) is 16.9 Å². The number of halogens is 3. The molecule has 0 saturated carbocycles. The molecule has 0 radical (unpaired) electrons. The first-order chi connectivity index (χ1) is 15.8. The molecule has 3 rings (SSSR count). The lowest BCUT2D eigenvalue weighted by atomic mass is 10.1. The predicted molar refractivity (Wildman–Crippen MR) is 120 cm³/mol. The number of carbonyl (C=O) groups excluding carboxylic acids is 1. The maximum atomic E-state index is 13.3. The highest BCUT2D eigenvalue weighted by Gasteiger charge is 2.31. The van der Waals surface area contributed by atoms with E-state index in [-0.39, 0.29) is 17.3 Å². The van der Waals surface area contributed by atoms with Crippen molar-refractivity contribution in [2.45, 2.75) is 51.2 Å². The molecule has 176 valence electrons. The summed E-state index contributed by atoms with van der Waals surface area (Å²) in [4.78, 5) is 24.3. The number of carbonyl (C=O) groups is 1. The maximum absolute atomic E-state index is 13.3. The van der Waals surface area contributed by atoms with Crippen LogP contribution in [0, 0.1) is 0 Å². The molecule has 0 aliphatic carbocycles. The van der Waals surface area contributed by atoms with Crippen LogP contribution in [0.25, 0.3) is 16.9 Å². The molecular weight excluding hydrogens is 433 g/mol. The van der Waals surface area contributed by atoms with E-state index in [0.717, 1.165) is 49.8 Å². The van der Waals surface area contributed by atoms with Gasteiger partial charge in [0.25, 0.3) is 0 Å². The van der Waals surface area contributed by atoms with E-state index >= 15 is 0 Å². The number of nitrogens with zero attached hydrogens (tertiary/aromatic N) is 2. The van der Waals surface area contributed by atoms with Gasteiger partial charge in [-0.2, -0.15) is 13.2 Å². The van der Waals surface area contributed by atoms with E-state index in [9.17, 15) is 22.8 Å². The molecule has 8 heteroatoms. The third-order valence-corrected chi connectivity index (χ3v) is 5.46. The van der Waals surface area contributed by atoms with Crippen LogP contribution in [0.3, 0.4) is 0 Å². The first-order valence-electron chi connectivity index (χ1n) is 10.9. The summed E-state index contributed by atoms with van der Waals surface area (Å²) in [6.45, 7) is 0.460. The summed E-state index contributed by atoms with van der Waals surface area (Å²) in [5.41, 5.74) is 0.284. The van der Waals surface area contributed by atoms with Crippen LogP contribution in [-0.4, -0.2) is 22.2 Å². The van der Waals surface area contributed by atoms with Crippen molar-refractivity contribution in [1.82, 2.24) is 9.13 Å². The number of hydrogen-bond donors (Lipinski definition) is 0. The molecule has 0 fully saturated rings. The van der Waals surface area contributed by atoms with Gasteiger partial charge in [-0.05, 0) is 31.0 Å². The number of benzene rings is 2. The second-order valence-corrected chi connectivity index (χ2v) is 7.83. The van der Waals surface area contributed by atoms with Gasteiger partial charge < -0.3 is 4.74 Å². The molecule has 0 N–H and O–H groups in total. The fourth-order valence-electron chi connectivity index (χ4n) is 3.72. The van der Waals surface area contributed by atoms with Crippen molar-refractivity contribution in [3.05, 3.63) is 76.8 Å². The van der Waals surface area contributed by atoms with Crippen LogP contribution < -0.4 is 5.69 Å². The summed E-state index contributed by atoms with van der Waals surface area (Å²) in [7, 11) is 1.37. The molecule has 0 saturated heterocycles. The number of aromatic nitrogens is 2. The number of imidazole rings is 1. The Kier molecular flexibility index (Phi) is 8.14. The van der Waals surface area contributed by atoms with Crippen molar-refractivity contribution in [1.29, 1.82) is 0 Å². The van der Waals surface area contributed by atoms with E-state index in [1.165, 1.54) is 23.8 Å². The highest BCUT2D eigenvalue weighted by Crippen LogP contribution is 2.31. The van der Waals surface area contributed by atoms with Gasteiger partial charge in [-0.25, -0.2) is 4.79 Å². The van der Waals surface area contributed by atoms with E-state index in [0.29, 0.717) is 18.7 Å². The Balaban J connectivity index is 1.79. The summed E-state index contributed by atoms with van der Waals surface area (Å²) in [5, 5.41) is 0. The van der Waals surface area contributed by atoms with Crippen molar-refractivity contribution in [2.24, 2.45) is 0 Å². The summed E-state index contributed by atoms with van der Waals surface area (Å²) >= 11 is 0. The van der Waals surface area contributed by atoms with Crippen LogP contribution in [0.4, 0.5) is 13.2 Å². The predicted octanol–water partition coefficient (Wildman–Crippen LogP) is 5.84. The molecule has 0 unspecified atom stereocenters. The number of esters is 1. The van der Waals surface area contributed by atoms with Crippen molar-refractivity contribution in [2.75, 3.05) is 7.11 Å². The van der Waals surface area contributed by atoms with Crippen molar-refractivity contribution >= 4 is 5.97 Å². The third-order valence-electron chi connectivity index (χ3n) is 5.46. The van der Waals surface area contributed by atoms with Gasteiger partial charge in [0.05, 0.1) is 24.1 Å². The lowest BCUT2D eigenvalue weighted by Crippen LogP contribution is -2.24.